The average Bonchev–Trinajstić information content (AvgIpc) is 3.14. The van der Waals surface area contributed by atoms with Gasteiger partial charge in [0.25, 0.3) is 5.56 Å². The molecule has 0 saturated heterocycles. The highest BCUT2D eigenvalue weighted by Crippen LogP contribution is 2.31. The Balaban J connectivity index is 2.09. The lowest BCUT2D eigenvalue weighted by Crippen LogP contribution is -2.32. The number of rotatable bonds is 8. The van der Waals surface area contributed by atoms with E-state index in [0.717, 1.165) is 10.9 Å². The second-order valence-corrected chi connectivity index (χ2v) is 7.74. The number of nitrogens with zero attached hydrogens (tertiary/aromatic N) is 1. The predicted octanol–water partition coefficient (Wildman–Crippen LogP) is 3.77. The van der Waals surface area contributed by atoms with E-state index in [1.165, 1.54) is 31.6 Å². The standard InChI is InChI=1S/C25H28N2O8/c1-7-33-24(30)19-15(5)35-23(20(19)25(31)34-8-2)26-22(29)14(4)27-18(28)12-13(3)16-10-9-11-17(32-6)21(16)27/h9-12,14H,7-8H2,1-6H3,(H,26,29). The summed E-state index contributed by atoms with van der Waals surface area (Å²) < 4.78 is 22.4. The van der Waals surface area contributed by atoms with Crippen molar-refractivity contribution in [3.05, 3.63) is 57.1 Å². The first-order chi connectivity index (χ1) is 16.7. The lowest BCUT2D eigenvalue weighted by Gasteiger charge is -2.20. The molecule has 2 heterocycles. The van der Waals surface area contributed by atoms with Crippen LogP contribution in [0, 0.1) is 13.8 Å². The number of hydrogen-bond donors (Lipinski definition) is 1. The Morgan fingerprint density at radius 2 is 1.69 bits per heavy atom. The fraction of sp³-hybridized carbons (Fsp3) is 0.360. The summed E-state index contributed by atoms with van der Waals surface area (Å²) in [6.45, 7) is 8.15. The molecule has 2 aromatic heterocycles. The van der Waals surface area contributed by atoms with Crippen molar-refractivity contribution in [2.24, 2.45) is 0 Å². The summed E-state index contributed by atoms with van der Waals surface area (Å²) in [6.07, 6.45) is 0. The molecule has 10 heteroatoms. The molecule has 0 fully saturated rings. The predicted molar refractivity (Wildman–Crippen MR) is 128 cm³/mol. The third kappa shape index (κ3) is 4.77. The smallest absolute Gasteiger partial charge is 0.344 e. The molecule has 1 amide bonds. The maximum absolute atomic E-state index is 13.3. The first-order valence-electron chi connectivity index (χ1n) is 11.1. The molecule has 3 aromatic rings. The van der Waals surface area contributed by atoms with Crippen LogP contribution in [-0.2, 0) is 14.3 Å². The van der Waals surface area contributed by atoms with E-state index in [0.29, 0.717) is 11.3 Å². The molecular weight excluding hydrogens is 456 g/mol. The number of anilines is 1. The van der Waals surface area contributed by atoms with Crippen molar-refractivity contribution < 1.29 is 33.0 Å². The fourth-order valence-corrected chi connectivity index (χ4v) is 3.89. The van der Waals surface area contributed by atoms with Gasteiger partial charge in [0.05, 0.1) is 25.8 Å². The van der Waals surface area contributed by atoms with Crippen LogP contribution in [0.25, 0.3) is 10.9 Å². The molecule has 1 aromatic carbocycles. The second kappa shape index (κ2) is 10.5. The number of esters is 2. The number of aromatic nitrogens is 1. The summed E-state index contributed by atoms with van der Waals surface area (Å²) in [5, 5.41) is 3.28. The minimum atomic E-state index is -1.03. The third-order valence-corrected chi connectivity index (χ3v) is 5.51. The average molecular weight is 485 g/mol. The molecule has 0 radical (unpaired) electrons. The summed E-state index contributed by atoms with van der Waals surface area (Å²) >= 11 is 0. The SMILES string of the molecule is CCOC(=O)c1c(C)oc(NC(=O)C(C)n2c(=O)cc(C)c3cccc(OC)c32)c1C(=O)OCC. The van der Waals surface area contributed by atoms with Gasteiger partial charge in [-0.1, -0.05) is 12.1 Å². The molecule has 186 valence electrons. The van der Waals surface area contributed by atoms with Gasteiger partial charge < -0.3 is 18.6 Å². The highest BCUT2D eigenvalue weighted by atomic mass is 16.5. The van der Waals surface area contributed by atoms with Crippen LogP contribution in [0.5, 0.6) is 5.75 Å². The molecule has 0 aliphatic carbocycles. The largest absolute Gasteiger partial charge is 0.495 e. The van der Waals surface area contributed by atoms with E-state index in [4.69, 9.17) is 18.6 Å². The van der Waals surface area contributed by atoms with E-state index in [9.17, 15) is 19.2 Å². The zero-order valence-electron chi connectivity index (χ0n) is 20.5. The summed E-state index contributed by atoms with van der Waals surface area (Å²) in [5.74, 6) is -2.05. The number of furan rings is 1. The van der Waals surface area contributed by atoms with Gasteiger partial charge in [-0.25, -0.2) is 9.59 Å². The van der Waals surface area contributed by atoms with Crippen molar-refractivity contribution in [1.29, 1.82) is 0 Å². The molecule has 0 aliphatic heterocycles. The molecule has 10 nitrogen and oxygen atoms in total. The number of carbonyl (C=O) groups excluding carboxylic acids is 3. The summed E-state index contributed by atoms with van der Waals surface area (Å²) in [5.41, 5.74) is 0.403. The minimum Gasteiger partial charge on any atom is -0.495 e. The van der Waals surface area contributed by atoms with Crippen molar-refractivity contribution in [3.63, 3.8) is 0 Å². The Morgan fingerprint density at radius 3 is 2.29 bits per heavy atom. The van der Waals surface area contributed by atoms with Crippen LogP contribution in [0.1, 0.15) is 58.9 Å². The highest BCUT2D eigenvalue weighted by Gasteiger charge is 2.32. The number of amides is 1. The van der Waals surface area contributed by atoms with E-state index in [2.05, 4.69) is 5.32 Å². The lowest BCUT2D eigenvalue weighted by molar-refractivity contribution is -0.118. The Morgan fingerprint density at radius 1 is 1.06 bits per heavy atom. The van der Waals surface area contributed by atoms with Gasteiger partial charge in [-0.3, -0.25) is 19.5 Å². The summed E-state index contributed by atoms with van der Waals surface area (Å²) in [7, 11) is 1.48. The van der Waals surface area contributed by atoms with Crippen molar-refractivity contribution in [2.75, 3.05) is 25.6 Å². The zero-order valence-corrected chi connectivity index (χ0v) is 20.5. The Kier molecular flexibility index (Phi) is 7.63. The van der Waals surface area contributed by atoms with E-state index in [1.54, 1.807) is 32.9 Å². The molecule has 1 N–H and O–H groups in total. The monoisotopic (exact) mass is 484 g/mol. The van der Waals surface area contributed by atoms with Crippen LogP contribution in [0.2, 0.25) is 0 Å². The van der Waals surface area contributed by atoms with Gasteiger partial charge in [0, 0.05) is 11.5 Å². The second-order valence-electron chi connectivity index (χ2n) is 7.74. The van der Waals surface area contributed by atoms with Crippen molar-refractivity contribution in [2.45, 2.75) is 40.7 Å². The molecule has 35 heavy (non-hydrogen) atoms. The Bertz CT molecular complexity index is 1350. The minimum absolute atomic E-state index is 0.0413. The van der Waals surface area contributed by atoms with Gasteiger partial charge in [0.1, 0.15) is 28.7 Å². The number of aryl methyl sites for hydroxylation is 2. The zero-order chi connectivity index (χ0) is 25.9. The van der Waals surface area contributed by atoms with Crippen molar-refractivity contribution >= 4 is 34.6 Å². The molecule has 0 aliphatic rings. The maximum atomic E-state index is 13.3. The molecular formula is C25H28N2O8. The van der Waals surface area contributed by atoms with Gasteiger partial charge in [-0.15, -0.1) is 0 Å². The van der Waals surface area contributed by atoms with Crippen molar-refractivity contribution in [3.8, 4) is 5.75 Å². The van der Waals surface area contributed by atoms with E-state index in [1.807, 2.05) is 6.07 Å². The van der Waals surface area contributed by atoms with Gasteiger partial charge in [-0.05, 0) is 46.2 Å². The van der Waals surface area contributed by atoms with Crippen LogP contribution in [-0.4, -0.2) is 42.7 Å². The molecule has 0 bridgehead atoms. The van der Waals surface area contributed by atoms with Gasteiger partial charge in [-0.2, -0.15) is 0 Å². The lowest BCUT2D eigenvalue weighted by atomic mass is 10.1. The summed E-state index contributed by atoms with van der Waals surface area (Å²) in [6, 6.07) is 5.72. The first kappa shape index (κ1) is 25.5. The van der Waals surface area contributed by atoms with Gasteiger partial charge in [0.15, 0.2) is 0 Å². The van der Waals surface area contributed by atoms with E-state index >= 15 is 0 Å². The Labute approximate surface area is 201 Å². The molecule has 0 spiro atoms. The van der Waals surface area contributed by atoms with Crippen molar-refractivity contribution in [1.82, 2.24) is 4.57 Å². The molecule has 1 unspecified atom stereocenters. The van der Waals surface area contributed by atoms with Crippen LogP contribution >= 0.6 is 0 Å². The third-order valence-electron chi connectivity index (χ3n) is 5.51. The number of fused-ring (bicyclic) bond motifs is 1. The quantitative estimate of drug-likeness (QED) is 0.479. The molecule has 0 saturated carbocycles. The van der Waals surface area contributed by atoms with Crippen LogP contribution in [0.15, 0.2) is 33.5 Å². The number of ether oxygens (including phenoxy) is 3. The van der Waals surface area contributed by atoms with Crippen LogP contribution < -0.4 is 15.6 Å². The molecule has 1 atom stereocenters. The van der Waals surface area contributed by atoms with Gasteiger partial charge in [0.2, 0.25) is 11.8 Å². The topological polar surface area (TPSA) is 126 Å². The van der Waals surface area contributed by atoms with Gasteiger partial charge >= 0.3 is 11.9 Å². The molecule has 3 rings (SSSR count). The number of pyridine rings is 1. The maximum Gasteiger partial charge on any atom is 0.344 e. The van der Waals surface area contributed by atoms with E-state index < -0.39 is 29.4 Å². The number of carbonyl (C=O) groups is 3. The first-order valence-corrected chi connectivity index (χ1v) is 11.1. The summed E-state index contributed by atoms with van der Waals surface area (Å²) in [4.78, 5) is 51.4. The highest BCUT2D eigenvalue weighted by molar-refractivity contribution is 6.09. The van der Waals surface area contributed by atoms with Crippen LogP contribution in [0.3, 0.4) is 0 Å². The number of para-hydroxylation sites is 1. The number of nitrogens with one attached hydrogen (secondary N) is 1. The number of benzene rings is 1. The van der Waals surface area contributed by atoms with E-state index in [-0.39, 0.29) is 36.0 Å². The Hall–Kier alpha value is -4.08. The van der Waals surface area contributed by atoms with Crippen LogP contribution in [0.4, 0.5) is 5.88 Å². The number of hydrogen-bond acceptors (Lipinski definition) is 8. The fourth-order valence-electron chi connectivity index (χ4n) is 3.89. The number of methoxy groups -OCH3 is 1. The normalized spacial score (nSPS) is 11.7.